The number of oxime groups is 1. The monoisotopic (exact) mass is 286 g/mol. The molecule has 0 fully saturated rings. The van der Waals surface area contributed by atoms with E-state index < -0.39 is 0 Å². The molecule has 0 saturated heterocycles. The lowest BCUT2D eigenvalue weighted by atomic mass is 10.0. The van der Waals surface area contributed by atoms with E-state index >= 15 is 0 Å². The van der Waals surface area contributed by atoms with Crippen LogP contribution in [-0.4, -0.2) is 37.3 Å². The molecule has 1 atom stereocenters. The van der Waals surface area contributed by atoms with E-state index in [1.165, 1.54) is 0 Å². The number of rotatable bonds is 4. The molecule has 1 unspecified atom stereocenters. The highest BCUT2D eigenvalue weighted by Gasteiger charge is 2.26. The Bertz CT molecular complexity index is 623. The van der Waals surface area contributed by atoms with Crippen molar-refractivity contribution in [1.29, 1.82) is 0 Å². The van der Waals surface area contributed by atoms with Gasteiger partial charge in [-0.2, -0.15) is 0 Å². The van der Waals surface area contributed by atoms with Crippen LogP contribution in [0.15, 0.2) is 41.8 Å². The third-order valence-electron chi connectivity index (χ3n) is 3.82. The summed E-state index contributed by atoms with van der Waals surface area (Å²) in [5.41, 5.74) is 6.88. The summed E-state index contributed by atoms with van der Waals surface area (Å²) in [6, 6.07) is 10.2. The maximum Gasteiger partial charge on any atom is 0.147 e. The molecule has 1 aromatic heterocycles. The summed E-state index contributed by atoms with van der Waals surface area (Å²) >= 11 is 0. The molecule has 7 nitrogen and oxygen atoms in total. The van der Waals surface area contributed by atoms with Crippen LogP contribution >= 0.6 is 0 Å². The summed E-state index contributed by atoms with van der Waals surface area (Å²) in [6.07, 6.45) is 2.24. The topological polar surface area (TPSA) is 92.6 Å². The lowest BCUT2D eigenvalue weighted by Crippen LogP contribution is -2.38. The van der Waals surface area contributed by atoms with E-state index in [1.807, 2.05) is 18.2 Å². The Labute approximate surface area is 122 Å². The van der Waals surface area contributed by atoms with Crippen LogP contribution in [0.1, 0.15) is 23.9 Å². The van der Waals surface area contributed by atoms with Gasteiger partial charge < -0.3 is 15.5 Å². The number of fused-ring (bicyclic) bond motifs is 1. The number of aromatic nitrogens is 3. The highest BCUT2D eigenvalue weighted by molar-refractivity contribution is 5.80. The fourth-order valence-corrected chi connectivity index (χ4v) is 2.72. The Morgan fingerprint density at radius 1 is 1.33 bits per heavy atom. The van der Waals surface area contributed by atoms with Crippen molar-refractivity contribution in [3.05, 3.63) is 48.0 Å². The number of hydrogen-bond donors (Lipinski definition) is 2. The zero-order chi connectivity index (χ0) is 14.7. The van der Waals surface area contributed by atoms with Gasteiger partial charge in [-0.05, 0) is 5.56 Å². The number of amidine groups is 1. The van der Waals surface area contributed by atoms with Gasteiger partial charge in [0, 0.05) is 25.6 Å². The Morgan fingerprint density at radius 2 is 2.14 bits per heavy atom. The van der Waals surface area contributed by atoms with Gasteiger partial charge in [-0.25, -0.2) is 0 Å². The number of benzene rings is 1. The first-order chi connectivity index (χ1) is 10.3. The second kappa shape index (κ2) is 5.92. The van der Waals surface area contributed by atoms with Crippen molar-refractivity contribution in [1.82, 2.24) is 19.7 Å². The van der Waals surface area contributed by atoms with Gasteiger partial charge >= 0.3 is 0 Å². The summed E-state index contributed by atoms with van der Waals surface area (Å²) in [4.78, 5) is 2.29. The van der Waals surface area contributed by atoms with E-state index in [0.29, 0.717) is 13.0 Å². The third-order valence-corrected chi connectivity index (χ3v) is 3.82. The number of hydrogen-bond acceptors (Lipinski definition) is 5. The molecule has 3 rings (SSSR count). The second-order valence-corrected chi connectivity index (χ2v) is 5.13. The summed E-state index contributed by atoms with van der Waals surface area (Å²) in [6.45, 7) is 2.43. The van der Waals surface area contributed by atoms with Crippen LogP contribution in [0.3, 0.4) is 0 Å². The lowest BCUT2D eigenvalue weighted by molar-refractivity contribution is 0.154. The predicted octanol–water partition coefficient (Wildman–Crippen LogP) is 0.971. The summed E-state index contributed by atoms with van der Waals surface area (Å²) in [7, 11) is 0. The molecule has 7 heteroatoms. The standard InChI is InChI=1S/C14H18N6O/c15-13(18-21)8-12(11-4-2-1-3-5-11)19-6-7-20-10-16-17-14(20)9-19/h1-5,10,12,21H,6-9H2,(H2,15,18). The van der Waals surface area contributed by atoms with Gasteiger partial charge in [0.25, 0.3) is 0 Å². The molecule has 21 heavy (non-hydrogen) atoms. The van der Waals surface area contributed by atoms with Gasteiger partial charge in [-0.1, -0.05) is 35.5 Å². The van der Waals surface area contributed by atoms with E-state index in [9.17, 15) is 0 Å². The zero-order valence-electron chi connectivity index (χ0n) is 11.6. The lowest BCUT2D eigenvalue weighted by Gasteiger charge is -2.34. The molecule has 2 aromatic rings. The van der Waals surface area contributed by atoms with Gasteiger partial charge in [0.05, 0.1) is 6.54 Å². The Balaban J connectivity index is 1.86. The summed E-state index contributed by atoms with van der Waals surface area (Å²) in [5.74, 6) is 1.18. The smallest absolute Gasteiger partial charge is 0.147 e. The van der Waals surface area contributed by atoms with Crippen molar-refractivity contribution < 1.29 is 5.21 Å². The van der Waals surface area contributed by atoms with Crippen molar-refractivity contribution in [3.63, 3.8) is 0 Å². The van der Waals surface area contributed by atoms with Gasteiger partial charge in [-0.3, -0.25) is 4.90 Å². The summed E-state index contributed by atoms with van der Waals surface area (Å²) in [5, 5.41) is 20.1. The molecule has 3 N–H and O–H groups in total. The Kier molecular flexibility index (Phi) is 3.83. The van der Waals surface area contributed by atoms with Crippen molar-refractivity contribution in [2.24, 2.45) is 10.9 Å². The van der Waals surface area contributed by atoms with Crippen LogP contribution in [0.25, 0.3) is 0 Å². The van der Waals surface area contributed by atoms with Crippen LogP contribution in [0, 0.1) is 0 Å². The normalized spacial score (nSPS) is 17.4. The molecule has 0 radical (unpaired) electrons. The van der Waals surface area contributed by atoms with Crippen LogP contribution in [0.2, 0.25) is 0 Å². The molecular weight excluding hydrogens is 268 g/mol. The van der Waals surface area contributed by atoms with Gasteiger partial charge in [0.2, 0.25) is 0 Å². The van der Waals surface area contributed by atoms with E-state index in [0.717, 1.165) is 24.5 Å². The molecular formula is C14H18N6O. The van der Waals surface area contributed by atoms with Crippen molar-refractivity contribution in [3.8, 4) is 0 Å². The van der Waals surface area contributed by atoms with Gasteiger partial charge in [0.1, 0.15) is 18.0 Å². The Morgan fingerprint density at radius 3 is 2.90 bits per heavy atom. The Hall–Kier alpha value is -2.41. The van der Waals surface area contributed by atoms with Crippen molar-refractivity contribution in [2.75, 3.05) is 6.54 Å². The minimum Gasteiger partial charge on any atom is -0.409 e. The molecule has 0 spiro atoms. The average Bonchev–Trinajstić information content (AvgIpc) is 3.00. The van der Waals surface area contributed by atoms with Crippen LogP contribution in [0.4, 0.5) is 0 Å². The summed E-state index contributed by atoms with van der Waals surface area (Å²) < 4.78 is 2.06. The average molecular weight is 286 g/mol. The molecule has 1 aliphatic rings. The third kappa shape index (κ3) is 2.87. The number of nitrogens with zero attached hydrogens (tertiary/aromatic N) is 5. The van der Waals surface area contributed by atoms with Crippen LogP contribution < -0.4 is 5.73 Å². The second-order valence-electron chi connectivity index (χ2n) is 5.13. The number of nitrogens with two attached hydrogens (primary N) is 1. The minimum atomic E-state index is 0.0625. The van der Waals surface area contributed by atoms with E-state index in [2.05, 4.69) is 37.0 Å². The molecule has 110 valence electrons. The molecule has 0 aliphatic carbocycles. The molecule has 1 aromatic carbocycles. The molecule has 0 amide bonds. The molecule has 0 saturated carbocycles. The minimum absolute atomic E-state index is 0.0625. The van der Waals surface area contributed by atoms with E-state index in [4.69, 9.17) is 10.9 Å². The first kappa shape index (κ1) is 13.6. The van der Waals surface area contributed by atoms with Crippen molar-refractivity contribution in [2.45, 2.75) is 25.6 Å². The molecule has 0 bridgehead atoms. The fraction of sp³-hybridized carbons (Fsp3) is 0.357. The molecule has 1 aliphatic heterocycles. The highest BCUT2D eigenvalue weighted by Crippen LogP contribution is 2.27. The first-order valence-electron chi connectivity index (χ1n) is 6.90. The molecule has 2 heterocycles. The van der Waals surface area contributed by atoms with Gasteiger partial charge in [0.15, 0.2) is 0 Å². The largest absolute Gasteiger partial charge is 0.409 e. The maximum atomic E-state index is 8.87. The first-order valence-corrected chi connectivity index (χ1v) is 6.90. The highest BCUT2D eigenvalue weighted by atomic mass is 16.4. The fourth-order valence-electron chi connectivity index (χ4n) is 2.72. The SMILES string of the molecule is NC(CC(c1ccccc1)N1CCn2cnnc2C1)=NO. The van der Waals surface area contributed by atoms with Crippen LogP contribution in [0.5, 0.6) is 0 Å². The quantitative estimate of drug-likeness (QED) is 0.378. The zero-order valence-corrected chi connectivity index (χ0v) is 11.6. The maximum absolute atomic E-state index is 8.87. The van der Waals surface area contributed by atoms with Crippen LogP contribution in [-0.2, 0) is 13.1 Å². The van der Waals surface area contributed by atoms with Crippen molar-refractivity contribution >= 4 is 5.84 Å². The van der Waals surface area contributed by atoms with Gasteiger partial charge in [-0.15, -0.1) is 10.2 Å². The van der Waals surface area contributed by atoms with E-state index in [1.54, 1.807) is 6.33 Å². The van der Waals surface area contributed by atoms with E-state index in [-0.39, 0.29) is 11.9 Å². The predicted molar refractivity (Wildman–Crippen MR) is 77.6 cm³/mol.